The number of hydrogen-bond donors (Lipinski definition) is 1. The highest BCUT2D eigenvalue weighted by Crippen LogP contribution is 2.21. The van der Waals surface area contributed by atoms with Crippen LogP contribution in [0.5, 0.6) is 5.75 Å². The van der Waals surface area contributed by atoms with Crippen molar-refractivity contribution < 1.29 is 13.9 Å². The highest BCUT2D eigenvalue weighted by molar-refractivity contribution is 5.95. The molecule has 26 heavy (non-hydrogen) atoms. The number of carbonyl (C=O) groups excluding carboxylic acids is 1. The molecule has 5 heteroatoms. The Morgan fingerprint density at radius 3 is 2.69 bits per heavy atom. The quantitative estimate of drug-likeness (QED) is 0.891. The van der Waals surface area contributed by atoms with Crippen molar-refractivity contribution >= 4 is 5.91 Å². The fourth-order valence-electron chi connectivity index (χ4n) is 3.41. The van der Waals surface area contributed by atoms with Crippen molar-refractivity contribution in [3.63, 3.8) is 0 Å². The summed E-state index contributed by atoms with van der Waals surface area (Å²) in [6.07, 6.45) is 1.77. The van der Waals surface area contributed by atoms with Gasteiger partial charge in [-0.25, -0.2) is 4.39 Å². The molecule has 1 saturated heterocycles. The largest absolute Gasteiger partial charge is 0.496 e. The van der Waals surface area contributed by atoms with E-state index in [4.69, 9.17) is 4.74 Å². The van der Waals surface area contributed by atoms with Crippen molar-refractivity contribution in [3.05, 3.63) is 65.0 Å². The number of methoxy groups -OCH3 is 1. The van der Waals surface area contributed by atoms with Gasteiger partial charge in [0.2, 0.25) is 0 Å². The van der Waals surface area contributed by atoms with E-state index < -0.39 is 0 Å². The SMILES string of the molecule is COc1ccccc1CN1CCC(NC(=O)c2cc(F)ccc2C)CC1. The first kappa shape index (κ1) is 18.4. The van der Waals surface area contributed by atoms with Gasteiger partial charge in [-0.2, -0.15) is 0 Å². The predicted octanol–water partition coefficient (Wildman–Crippen LogP) is 3.54. The monoisotopic (exact) mass is 356 g/mol. The van der Waals surface area contributed by atoms with Crippen molar-refractivity contribution in [1.82, 2.24) is 10.2 Å². The first-order chi connectivity index (χ1) is 12.6. The lowest BCUT2D eigenvalue weighted by molar-refractivity contribution is 0.0907. The minimum atomic E-state index is -0.382. The number of aryl methyl sites for hydroxylation is 1. The Kier molecular flexibility index (Phi) is 5.89. The van der Waals surface area contributed by atoms with Crippen LogP contribution in [0.4, 0.5) is 4.39 Å². The lowest BCUT2D eigenvalue weighted by Crippen LogP contribution is -2.44. The summed E-state index contributed by atoms with van der Waals surface area (Å²) >= 11 is 0. The molecular formula is C21H25FN2O2. The zero-order valence-corrected chi connectivity index (χ0v) is 15.3. The summed E-state index contributed by atoms with van der Waals surface area (Å²) in [5.41, 5.74) is 2.38. The number of nitrogens with zero attached hydrogens (tertiary/aromatic N) is 1. The van der Waals surface area contributed by atoms with Crippen LogP contribution >= 0.6 is 0 Å². The average molecular weight is 356 g/mol. The van der Waals surface area contributed by atoms with Crippen molar-refractivity contribution in [2.24, 2.45) is 0 Å². The number of halogens is 1. The molecule has 1 amide bonds. The molecule has 0 bridgehead atoms. The second-order valence-electron chi connectivity index (χ2n) is 6.79. The first-order valence-corrected chi connectivity index (χ1v) is 8.98. The minimum Gasteiger partial charge on any atom is -0.496 e. The summed E-state index contributed by atoms with van der Waals surface area (Å²) in [4.78, 5) is 14.8. The number of benzene rings is 2. The molecule has 0 aromatic heterocycles. The van der Waals surface area contributed by atoms with E-state index in [9.17, 15) is 9.18 Å². The van der Waals surface area contributed by atoms with Crippen LogP contribution < -0.4 is 10.1 Å². The Morgan fingerprint density at radius 2 is 1.96 bits per heavy atom. The molecule has 1 heterocycles. The normalized spacial score (nSPS) is 15.7. The molecule has 0 radical (unpaired) electrons. The van der Waals surface area contributed by atoms with E-state index in [1.807, 2.05) is 25.1 Å². The van der Waals surface area contributed by atoms with Crippen LogP contribution in [0.3, 0.4) is 0 Å². The van der Waals surface area contributed by atoms with Crippen LogP contribution in [-0.2, 0) is 6.54 Å². The van der Waals surface area contributed by atoms with E-state index in [0.29, 0.717) is 5.56 Å². The van der Waals surface area contributed by atoms with Gasteiger partial charge in [0.25, 0.3) is 5.91 Å². The van der Waals surface area contributed by atoms with E-state index >= 15 is 0 Å². The summed E-state index contributed by atoms with van der Waals surface area (Å²) in [5.74, 6) is 0.335. The molecule has 1 N–H and O–H groups in total. The van der Waals surface area contributed by atoms with E-state index in [1.165, 1.54) is 17.7 Å². The van der Waals surface area contributed by atoms with Gasteiger partial charge in [-0.05, 0) is 43.5 Å². The molecule has 2 aromatic rings. The summed E-state index contributed by atoms with van der Waals surface area (Å²) in [6, 6.07) is 12.5. The molecule has 0 saturated carbocycles. The van der Waals surface area contributed by atoms with Crippen LogP contribution in [0.1, 0.15) is 34.3 Å². The van der Waals surface area contributed by atoms with E-state index in [-0.39, 0.29) is 17.8 Å². The van der Waals surface area contributed by atoms with Gasteiger partial charge in [-0.1, -0.05) is 24.3 Å². The number of piperidine rings is 1. The summed E-state index contributed by atoms with van der Waals surface area (Å²) in [5, 5.41) is 3.05. The summed E-state index contributed by atoms with van der Waals surface area (Å²) in [7, 11) is 1.69. The van der Waals surface area contributed by atoms with Crippen LogP contribution in [0, 0.1) is 12.7 Å². The second-order valence-corrected chi connectivity index (χ2v) is 6.79. The topological polar surface area (TPSA) is 41.6 Å². The fraction of sp³-hybridized carbons (Fsp3) is 0.381. The zero-order valence-electron chi connectivity index (χ0n) is 15.3. The Hall–Kier alpha value is -2.40. The Morgan fingerprint density at radius 1 is 1.23 bits per heavy atom. The third-order valence-corrected chi connectivity index (χ3v) is 4.95. The van der Waals surface area contributed by atoms with Crippen molar-refractivity contribution in [3.8, 4) is 5.75 Å². The number of carbonyl (C=O) groups is 1. The number of para-hydroxylation sites is 1. The molecule has 1 aliphatic heterocycles. The van der Waals surface area contributed by atoms with Gasteiger partial charge in [0.15, 0.2) is 0 Å². The molecule has 3 rings (SSSR count). The maximum Gasteiger partial charge on any atom is 0.251 e. The molecular weight excluding hydrogens is 331 g/mol. The fourth-order valence-corrected chi connectivity index (χ4v) is 3.41. The van der Waals surface area contributed by atoms with Crippen LogP contribution in [0.2, 0.25) is 0 Å². The number of ether oxygens (including phenoxy) is 1. The molecule has 0 atom stereocenters. The molecule has 138 valence electrons. The molecule has 4 nitrogen and oxygen atoms in total. The van der Waals surface area contributed by atoms with Gasteiger partial charge in [0.1, 0.15) is 11.6 Å². The highest BCUT2D eigenvalue weighted by atomic mass is 19.1. The first-order valence-electron chi connectivity index (χ1n) is 8.98. The van der Waals surface area contributed by atoms with Gasteiger partial charge in [0, 0.05) is 36.8 Å². The van der Waals surface area contributed by atoms with Crippen molar-refractivity contribution in [2.75, 3.05) is 20.2 Å². The number of amides is 1. The maximum atomic E-state index is 13.4. The van der Waals surface area contributed by atoms with Gasteiger partial charge in [0.05, 0.1) is 7.11 Å². The van der Waals surface area contributed by atoms with Gasteiger partial charge in [-0.3, -0.25) is 9.69 Å². The van der Waals surface area contributed by atoms with Crippen LogP contribution in [0.15, 0.2) is 42.5 Å². The molecule has 2 aromatic carbocycles. The smallest absolute Gasteiger partial charge is 0.251 e. The zero-order chi connectivity index (χ0) is 18.5. The number of hydrogen-bond acceptors (Lipinski definition) is 3. The summed E-state index contributed by atoms with van der Waals surface area (Å²) < 4.78 is 18.8. The van der Waals surface area contributed by atoms with Crippen LogP contribution in [0.25, 0.3) is 0 Å². The standard InChI is InChI=1S/C21H25FN2O2/c1-15-7-8-17(22)13-19(15)21(25)23-18-9-11-24(12-10-18)14-16-5-3-4-6-20(16)26-2/h3-8,13,18H,9-12,14H2,1-2H3,(H,23,25). The molecule has 0 aliphatic carbocycles. The third-order valence-electron chi connectivity index (χ3n) is 4.95. The molecule has 1 fully saturated rings. The molecule has 0 spiro atoms. The Balaban J connectivity index is 1.54. The number of nitrogens with one attached hydrogen (secondary N) is 1. The predicted molar refractivity (Wildman–Crippen MR) is 99.9 cm³/mol. The third kappa shape index (κ3) is 4.41. The Labute approximate surface area is 154 Å². The highest BCUT2D eigenvalue weighted by Gasteiger charge is 2.22. The minimum absolute atomic E-state index is 0.124. The molecule has 0 unspecified atom stereocenters. The number of likely N-dealkylation sites (tertiary alicyclic amines) is 1. The van der Waals surface area contributed by atoms with Gasteiger partial charge < -0.3 is 10.1 Å². The average Bonchev–Trinajstić information content (AvgIpc) is 2.65. The van der Waals surface area contributed by atoms with E-state index in [0.717, 1.165) is 43.8 Å². The van der Waals surface area contributed by atoms with Gasteiger partial charge >= 0.3 is 0 Å². The lowest BCUT2D eigenvalue weighted by Gasteiger charge is -2.32. The Bertz CT molecular complexity index is 770. The molecule has 1 aliphatic rings. The number of rotatable bonds is 5. The van der Waals surface area contributed by atoms with Gasteiger partial charge in [-0.15, -0.1) is 0 Å². The van der Waals surface area contributed by atoms with Crippen molar-refractivity contribution in [2.45, 2.75) is 32.4 Å². The van der Waals surface area contributed by atoms with Crippen LogP contribution in [-0.4, -0.2) is 37.0 Å². The van der Waals surface area contributed by atoms with E-state index in [2.05, 4.69) is 16.3 Å². The van der Waals surface area contributed by atoms with E-state index in [1.54, 1.807) is 13.2 Å². The maximum absolute atomic E-state index is 13.4. The summed E-state index contributed by atoms with van der Waals surface area (Å²) in [6.45, 7) is 4.48. The van der Waals surface area contributed by atoms with Crippen molar-refractivity contribution in [1.29, 1.82) is 0 Å². The lowest BCUT2D eigenvalue weighted by atomic mass is 10.0. The second kappa shape index (κ2) is 8.32.